The Kier molecular flexibility index (Phi) is 4.45. The zero-order valence-electron chi connectivity index (χ0n) is 8.96. The van der Waals surface area contributed by atoms with Gasteiger partial charge in [-0.25, -0.2) is 0 Å². The Morgan fingerprint density at radius 3 is 2.33 bits per heavy atom. The molecule has 1 saturated carbocycles. The van der Waals surface area contributed by atoms with E-state index in [1.807, 2.05) is 0 Å². The van der Waals surface area contributed by atoms with E-state index in [1.165, 1.54) is 4.90 Å². The van der Waals surface area contributed by atoms with Crippen molar-refractivity contribution in [1.29, 1.82) is 0 Å². The Labute approximate surface area is 88.6 Å². The Morgan fingerprint density at radius 1 is 1.40 bits per heavy atom. The van der Waals surface area contributed by atoms with Crippen LogP contribution in [-0.4, -0.2) is 35.9 Å². The van der Waals surface area contributed by atoms with Crippen molar-refractivity contribution in [1.82, 2.24) is 4.90 Å². The number of carbonyl (C=O) groups is 1. The summed E-state index contributed by atoms with van der Waals surface area (Å²) in [6.07, 6.45) is 0.233. The maximum atomic E-state index is 12.3. The van der Waals surface area contributed by atoms with Crippen LogP contribution < -0.4 is 5.73 Å². The molecule has 0 aromatic carbocycles. The number of halogens is 2. The molecule has 5 heteroatoms. The predicted octanol–water partition coefficient (Wildman–Crippen LogP) is 1.37. The number of hydrogen-bond acceptors (Lipinski definition) is 2. The van der Waals surface area contributed by atoms with E-state index < -0.39 is 12.3 Å². The molecule has 0 atom stereocenters. The Hall–Kier alpha value is -0.710. The van der Waals surface area contributed by atoms with E-state index in [4.69, 9.17) is 5.73 Å². The molecule has 0 radical (unpaired) electrons. The van der Waals surface area contributed by atoms with Gasteiger partial charge in [0.2, 0.25) is 0 Å². The van der Waals surface area contributed by atoms with E-state index in [-0.39, 0.29) is 12.1 Å². The molecule has 15 heavy (non-hydrogen) atoms. The number of alkyl halides is 2. The summed E-state index contributed by atoms with van der Waals surface area (Å²) in [5, 5.41) is 0. The number of hydrogen-bond donors (Lipinski definition) is 1. The monoisotopic (exact) mass is 220 g/mol. The third kappa shape index (κ3) is 3.12. The highest BCUT2D eigenvalue weighted by Crippen LogP contribution is 2.23. The van der Waals surface area contributed by atoms with Crippen LogP contribution in [0, 0.1) is 0 Å². The minimum atomic E-state index is -2.89. The van der Waals surface area contributed by atoms with Crippen LogP contribution in [0.15, 0.2) is 0 Å². The lowest BCUT2D eigenvalue weighted by atomic mass is 9.90. The minimum Gasteiger partial charge on any atom is -0.335 e. The average Bonchev–Trinajstić information content (AvgIpc) is 2.21. The zero-order chi connectivity index (χ0) is 11.4. The van der Waals surface area contributed by atoms with Gasteiger partial charge in [0.05, 0.1) is 0 Å². The fraction of sp³-hybridized carbons (Fsp3) is 0.900. The Bertz CT molecular complexity index is 215. The molecule has 2 N–H and O–H groups in total. The fourth-order valence-corrected chi connectivity index (χ4v) is 2.13. The third-order valence-corrected chi connectivity index (χ3v) is 2.99. The topological polar surface area (TPSA) is 46.3 Å². The number of carbonyl (C=O) groups excluding carboxylic acids is 1. The second kappa shape index (κ2) is 5.39. The van der Waals surface area contributed by atoms with Gasteiger partial charge in [0.1, 0.15) is 0 Å². The van der Waals surface area contributed by atoms with Crippen LogP contribution in [0.2, 0.25) is 0 Å². The largest absolute Gasteiger partial charge is 0.335 e. The van der Waals surface area contributed by atoms with Crippen LogP contribution in [0.3, 0.4) is 0 Å². The summed E-state index contributed by atoms with van der Waals surface area (Å²) in [6, 6.07) is 0.123. The molecule has 1 fully saturated rings. The van der Waals surface area contributed by atoms with Crippen LogP contribution in [0.5, 0.6) is 0 Å². The molecule has 1 rings (SSSR count). The lowest BCUT2D eigenvalue weighted by molar-refractivity contribution is -0.145. The molecule has 0 bridgehead atoms. The summed E-state index contributed by atoms with van der Waals surface area (Å²) in [6.45, 7) is 2.08. The Morgan fingerprint density at radius 2 is 1.93 bits per heavy atom. The molecular weight excluding hydrogens is 202 g/mol. The smallest absolute Gasteiger partial charge is 0.315 e. The molecule has 1 aliphatic rings. The summed E-state index contributed by atoms with van der Waals surface area (Å²) in [7, 11) is 0. The van der Waals surface area contributed by atoms with Gasteiger partial charge in [-0.05, 0) is 32.6 Å². The van der Waals surface area contributed by atoms with Crippen molar-refractivity contribution in [2.75, 3.05) is 6.54 Å². The van der Waals surface area contributed by atoms with E-state index in [9.17, 15) is 13.6 Å². The first-order valence-electron chi connectivity index (χ1n) is 5.40. The maximum Gasteiger partial charge on any atom is 0.315 e. The van der Waals surface area contributed by atoms with Gasteiger partial charge in [-0.2, -0.15) is 8.78 Å². The number of amides is 1. The van der Waals surface area contributed by atoms with Crippen LogP contribution in [0.4, 0.5) is 8.78 Å². The van der Waals surface area contributed by atoms with Crippen LogP contribution in [-0.2, 0) is 4.79 Å². The molecule has 88 valence electrons. The second-order valence-electron chi connectivity index (χ2n) is 3.99. The van der Waals surface area contributed by atoms with Crippen LogP contribution in [0.1, 0.15) is 32.6 Å². The van der Waals surface area contributed by atoms with Crippen molar-refractivity contribution in [2.45, 2.75) is 51.1 Å². The highest BCUT2D eigenvalue weighted by atomic mass is 19.3. The van der Waals surface area contributed by atoms with Crippen LogP contribution in [0.25, 0.3) is 0 Å². The molecule has 0 spiro atoms. The fourth-order valence-electron chi connectivity index (χ4n) is 2.13. The van der Waals surface area contributed by atoms with E-state index >= 15 is 0 Å². The van der Waals surface area contributed by atoms with Crippen molar-refractivity contribution >= 4 is 5.91 Å². The van der Waals surface area contributed by atoms with Gasteiger partial charge >= 0.3 is 6.43 Å². The summed E-state index contributed by atoms with van der Waals surface area (Å²) >= 11 is 0. The van der Waals surface area contributed by atoms with Crippen molar-refractivity contribution in [3.63, 3.8) is 0 Å². The third-order valence-electron chi connectivity index (χ3n) is 2.99. The van der Waals surface area contributed by atoms with Crippen molar-refractivity contribution in [3.05, 3.63) is 0 Å². The molecule has 0 aliphatic heterocycles. The molecule has 0 heterocycles. The number of nitrogens with two attached hydrogens (primary N) is 1. The van der Waals surface area contributed by atoms with Gasteiger partial charge in [0.15, 0.2) is 0 Å². The molecule has 0 saturated heterocycles. The quantitative estimate of drug-likeness (QED) is 0.780. The van der Waals surface area contributed by atoms with Gasteiger partial charge in [-0.1, -0.05) is 0 Å². The Balaban J connectivity index is 2.55. The van der Waals surface area contributed by atoms with Crippen LogP contribution >= 0.6 is 0 Å². The first-order chi connectivity index (χ1) is 7.06. The standard InChI is InChI=1S/C10H18F2N2O/c1-2-14(10(15)9(11)12)8-5-3-7(13)4-6-8/h7-9H,2-6,13H2,1H3. The van der Waals surface area contributed by atoms with Gasteiger partial charge in [-0.3, -0.25) is 4.79 Å². The second-order valence-corrected chi connectivity index (χ2v) is 3.99. The number of rotatable bonds is 3. The van der Waals surface area contributed by atoms with Gasteiger partial charge in [0, 0.05) is 18.6 Å². The molecule has 3 nitrogen and oxygen atoms in total. The van der Waals surface area contributed by atoms with E-state index in [1.54, 1.807) is 6.92 Å². The van der Waals surface area contributed by atoms with E-state index in [2.05, 4.69) is 0 Å². The average molecular weight is 220 g/mol. The summed E-state index contributed by atoms with van der Waals surface area (Å²) in [5.74, 6) is -1.04. The minimum absolute atomic E-state index is 0.0451. The first kappa shape index (κ1) is 12.4. The molecule has 0 unspecified atom stereocenters. The van der Waals surface area contributed by atoms with Gasteiger partial charge in [0.25, 0.3) is 5.91 Å². The molecule has 0 aromatic rings. The molecule has 1 amide bonds. The predicted molar refractivity (Wildman–Crippen MR) is 53.6 cm³/mol. The summed E-state index contributed by atoms with van der Waals surface area (Å²) in [5.41, 5.74) is 5.72. The van der Waals surface area contributed by atoms with Gasteiger partial charge < -0.3 is 10.6 Å². The molecular formula is C10H18F2N2O. The highest BCUT2D eigenvalue weighted by molar-refractivity contribution is 5.79. The lowest BCUT2D eigenvalue weighted by Crippen LogP contribution is -2.46. The van der Waals surface area contributed by atoms with Gasteiger partial charge in [-0.15, -0.1) is 0 Å². The van der Waals surface area contributed by atoms with E-state index in [0.717, 1.165) is 25.7 Å². The van der Waals surface area contributed by atoms with Crippen molar-refractivity contribution in [3.8, 4) is 0 Å². The molecule has 0 aromatic heterocycles. The van der Waals surface area contributed by atoms with E-state index in [0.29, 0.717) is 6.54 Å². The lowest BCUT2D eigenvalue weighted by Gasteiger charge is -2.35. The normalized spacial score (nSPS) is 26.7. The maximum absolute atomic E-state index is 12.3. The first-order valence-corrected chi connectivity index (χ1v) is 5.40. The molecule has 1 aliphatic carbocycles. The van der Waals surface area contributed by atoms with Crippen molar-refractivity contribution in [2.24, 2.45) is 5.73 Å². The summed E-state index contributed by atoms with van der Waals surface area (Å²) < 4.78 is 24.6. The highest BCUT2D eigenvalue weighted by Gasteiger charge is 2.30. The summed E-state index contributed by atoms with van der Waals surface area (Å²) in [4.78, 5) is 12.5. The van der Waals surface area contributed by atoms with Crippen molar-refractivity contribution < 1.29 is 13.6 Å². The SMILES string of the molecule is CCN(C(=O)C(F)F)C1CCC(N)CC1. The zero-order valence-corrected chi connectivity index (χ0v) is 8.96. The number of nitrogens with zero attached hydrogens (tertiary/aromatic N) is 1.